The molecule has 106 valence electrons. The van der Waals surface area contributed by atoms with Crippen molar-refractivity contribution in [2.24, 2.45) is 0 Å². The van der Waals surface area contributed by atoms with Gasteiger partial charge in [0.15, 0.2) is 5.13 Å². The Kier molecular flexibility index (Phi) is 4.24. The van der Waals surface area contributed by atoms with Gasteiger partial charge in [0.2, 0.25) is 0 Å². The molecule has 0 bridgehead atoms. The number of nitrogens with two attached hydrogens (primary N) is 1. The van der Waals surface area contributed by atoms with Crippen molar-refractivity contribution < 1.29 is 4.79 Å². The third-order valence-corrected chi connectivity index (χ3v) is 4.17. The molecule has 0 aliphatic rings. The monoisotopic (exact) mass is 290 g/mol. The molecule has 1 aromatic carbocycles. The number of amides is 1. The molecule has 0 aliphatic carbocycles. The number of aromatic nitrogens is 1. The van der Waals surface area contributed by atoms with Gasteiger partial charge in [-0.2, -0.15) is 0 Å². The Balaban J connectivity index is 2.24. The molecular formula is C14H18N4OS. The zero-order valence-corrected chi connectivity index (χ0v) is 12.6. The van der Waals surface area contributed by atoms with Crippen molar-refractivity contribution in [2.75, 3.05) is 30.0 Å². The number of aryl methyl sites for hydroxylation is 1. The highest BCUT2D eigenvalue weighted by Crippen LogP contribution is 2.27. The first-order valence-electron chi connectivity index (χ1n) is 6.37. The van der Waals surface area contributed by atoms with Gasteiger partial charge in [-0.15, -0.1) is 0 Å². The normalized spacial score (nSPS) is 10.3. The van der Waals surface area contributed by atoms with Crippen LogP contribution in [0.1, 0.15) is 22.2 Å². The molecule has 0 saturated carbocycles. The Morgan fingerprint density at radius 1 is 1.40 bits per heavy atom. The molecule has 20 heavy (non-hydrogen) atoms. The quantitative estimate of drug-likeness (QED) is 0.908. The van der Waals surface area contributed by atoms with Gasteiger partial charge >= 0.3 is 0 Å². The molecule has 0 atom stereocenters. The van der Waals surface area contributed by atoms with E-state index in [0.717, 1.165) is 12.1 Å². The van der Waals surface area contributed by atoms with Gasteiger partial charge in [0.1, 0.15) is 10.7 Å². The van der Waals surface area contributed by atoms with Crippen molar-refractivity contribution in [3.8, 4) is 0 Å². The highest BCUT2D eigenvalue weighted by molar-refractivity contribution is 7.18. The zero-order valence-electron chi connectivity index (χ0n) is 11.8. The number of nitrogens with zero attached hydrogens (tertiary/aromatic N) is 2. The van der Waals surface area contributed by atoms with Gasteiger partial charge in [0, 0.05) is 19.8 Å². The second-order valence-electron chi connectivity index (χ2n) is 4.37. The van der Waals surface area contributed by atoms with Crippen molar-refractivity contribution in [3.63, 3.8) is 0 Å². The summed E-state index contributed by atoms with van der Waals surface area (Å²) in [6, 6.07) is 7.92. The van der Waals surface area contributed by atoms with Gasteiger partial charge in [-0.05, 0) is 24.1 Å². The molecule has 6 heteroatoms. The lowest BCUT2D eigenvalue weighted by Crippen LogP contribution is -2.26. The van der Waals surface area contributed by atoms with Crippen LogP contribution in [0, 0.1) is 0 Å². The number of nitrogen functional groups attached to an aromatic ring is 1. The lowest BCUT2D eigenvalue weighted by molar-refractivity contribution is 0.0997. The van der Waals surface area contributed by atoms with Crippen molar-refractivity contribution in [1.82, 2.24) is 4.98 Å². The molecule has 0 radical (unpaired) electrons. The summed E-state index contributed by atoms with van der Waals surface area (Å²) >= 11 is 1.26. The van der Waals surface area contributed by atoms with E-state index in [2.05, 4.69) is 17.2 Å². The lowest BCUT2D eigenvalue weighted by Gasteiger charge is -2.16. The van der Waals surface area contributed by atoms with E-state index in [0.29, 0.717) is 10.0 Å². The van der Waals surface area contributed by atoms with Crippen LogP contribution in [-0.4, -0.2) is 25.0 Å². The first kappa shape index (κ1) is 14.3. The second-order valence-corrected chi connectivity index (χ2v) is 5.37. The maximum atomic E-state index is 12.4. The fraction of sp³-hybridized carbons (Fsp3) is 0.286. The number of anilines is 3. The first-order chi connectivity index (χ1) is 9.56. The van der Waals surface area contributed by atoms with Crippen LogP contribution in [-0.2, 0) is 6.42 Å². The van der Waals surface area contributed by atoms with Crippen LogP contribution in [0.4, 0.5) is 16.6 Å². The minimum absolute atomic E-state index is 0.147. The van der Waals surface area contributed by atoms with Crippen molar-refractivity contribution in [2.45, 2.75) is 13.3 Å². The van der Waals surface area contributed by atoms with Crippen molar-refractivity contribution >= 4 is 33.9 Å². The molecule has 1 amide bonds. The van der Waals surface area contributed by atoms with E-state index in [9.17, 15) is 4.79 Å². The van der Waals surface area contributed by atoms with Crippen LogP contribution < -0.4 is 16.0 Å². The summed E-state index contributed by atoms with van der Waals surface area (Å²) in [5.74, 6) is 0.118. The smallest absolute Gasteiger partial charge is 0.272 e. The molecule has 0 fully saturated rings. The van der Waals surface area contributed by atoms with E-state index >= 15 is 0 Å². The maximum absolute atomic E-state index is 12.4. The summed E-state index contributed by atoms with van der Waals surface area (Å²) in [6.45, 7) is 2.10. The van der Waals surface area contributed by atoms with E-state index in [4.69, 9.17) is 5.73 Å². The first-order valence-corrected chi connectivity index (χ1v) is 7.19. The number of hydrogen-bond donors (Lipinski definition) is 2. The number of thiazole rings is 1. The lowest BCUT2D eigenvalue weighted by atomic mass is 10.1. The summed E-state index contributed by atoms with van der Waals surface area (Å²) in [4.78, 5) is 18.6. The third kappa shape index (κ3) is 2.75. The number of benzene rings is 1. The Morgan fingerprint density at radius 3 is 2.55 bits per heavy atom. The molecule has 3 N–H and O–H groups in total. The summed E-state index contributed by atoms with van der Waals surface area (Å²) < 4.78 is 0. The highest BCUT2D eigenvalue weighted by atomic mass is 32.1. The van der Waals surface area contributed by atoms with Gasteiger partial charge in [0.25, 0.3) is 5.91 Å². The predicted octanol–water partition coefficient (Wildman–Crippen LogP) is 2.61. The zero-order chi connectivity index (χ0) is 14.7. The van der Waals surface area contributed by atoms with Crippen LogP contribution in [0.25, 0.3) is 0 Å². The molecule has 0 spiro atoms. The van der Waals surface area contributed by atoms with Gasteiger partial charge in [-0.3, -0.25) is 4.79 Å². The molecule has 0 unspecified atom stereocenters. The summed E-state index contributed by atoms with van der Waals surface area (Å²) in [7, 11) is 3.49. The largest absolute Gasteiger partial charge is 0.382 e. The summed E-state index contributed by atoms with van der Waals surface area (Å²) in [6.07, 6.45) is 0.977. The second kappa shape index (κ2) is 5.92. The average Bonchev–Trinajstić information content (AvgIpc) is 2.87. The van der Waals surface area contributed by atoms with Gasteiger partial charge < -0.3 is 16.0 Å². The van der Waals surface area contributed by atoms with Crippen LogP contribution in [0.3, 0.4) is 0 Å². The molecule has 0 saturated heterocycles. The molecule has 0 aliphatic heterocycles. The minimum atomic E-state index is -0.147. The van der Waals surface area contributed by atoms with Crippen molar-refractivity contribution in [1.29, 1.82) is 0 Å². The van der Waals surface area contributed by atoms with Crippen LogP contribution in [0.5, 0.6) is 0 Å². The Labute approximate surface area is 122 Å². The van der Waals surface area contributed by atoms with Crippen LogP contribution >= 0.6 is 11.3 Å². The number of nitrogens with one attached hydrogen (secondary N) is 1. The number of rotatable bonds is 4. The molecule has 2 aromatic rings. The average molecular weight is 290 g/mol. The number of carbonyl (C=O) groups excluding carboxylic acids is 1. The van der Waals surface area contributed by atoms with E-state index in [-0.39, 0.29) is 11.7 Å². The van der Waals surface area contributed by atoms with Crippen molar-refractivity contribution in [3.05, 3.63) is 34.7 Å². The third-order valence-electron chi connectivity index (χ3n) is 3.10. The van der Waals surface area contributed by atoms with Crippen LogP contribution in [0.15, 0.2) is 24.3 Å². The highest BCUT2D eigenvalue weighted by Gasteiger charge is 2.20. The Morgan fingerprint density at radius 2 is 2.05 bits per heavy atom. The van der Waals surface area contributed by atoms with Gasteiger partial charge in [-0.25, -0.2) is 4.98 Å². The maximum Gasteiger partial charge on any atom is 0.272 e. The van der Waals surface area contributed by atoms with E-state index in [1.165, 1.54) is 16.9 Å². The van der Waals surface area contributed by atoms with Gasteiger partial charge in [0.05, 0.1) is 0 Å². The molecule has 5 nitrogen and oxygen atoms in total. The number of carbonyl (C=O) groups is 1. The fourth-order valence-corrected chi connectivity index (χ4v) is 2.63. The molecule has 1 heterocycles. The standard InChI is InChI=1S/C14H18N4OS/c1-4-9-5-7-10(8-6-9)18(3)13(19)11-12(15)17-14(16-2)20-11/h5-8H,4,15H2,1-3H3,(H,16,17). The molecule has 2 rings (SSSR count). The SMILES string of the molecule is CCc1ccc(N(C)C(=O)c2sc(NC)nc2N)cc1. The predicted molar refractivity (Wildman–Crippen MR) is 84.6 cm³/mol. The summed E-state index contributed by atoms with van der Waals surface area (Å²) in [5, 5.41) is 3.53. The van der Waals surface area contributed by atoms with Crippen LogP contribution in [0.2, 0.25) is 0 Å². The fourth-order valence-electron chi connectivity index (χ4n) is 1.82. The molecular weight excluding hydrogens is 272 g/mol. The molecule has 1 aromatic heterocycles. The van der Waals surface area contributed by atoms with Gasteiger partial charge in [-0.1, -0.05) is 30.4 Å². The topological polar surface area (TPSA) is 71.2 Å². The Hall–Kier alpha value is -2.08. The Bertz CT molecular complexity index is 606. The van der Waals surface area contributed by atoms with E-state index in [1.54, 1.807) is 19.0 Å². The minimum Gasteiger partial charge on any atom is -0.382 e. The van der Waals surface area contributed by atoms with E-state index < -0.39 is 0 Å². The number of hydrogen-bond acceptors (Lipinski definition) is 5. The summed E-state index contributed by atoms with van der Waals surface area (Å²) in [5.41, 5.74) is 7.87. The van der Waals surface area contributed by atoms with E-state index in [1.807, 2.05) is 24.3 Å².